The minimum atomic E-state index is -0.577. The Kier molecular flexibility index (Phi) is 6.00. The van der Waals surface area contributed by atoms with Crippen LogP contribution in [0.2, 0.25) is 0 Å². The zero-order valence-electron chi connectivity index (χ0n) is 18.5. The standard InChI is InChI=1S/C25H28N4O4/c30-23-17-29(15-19(23)13-20-16-28-10-1-3-21(28)14-26-20)25(32)18-5-7-22(8-6-18)33-12-11-27-9-2-4-24(27)31/h1,3,5-8,10,14,16,19,23,30H,2,4,9,11-13,15,17H2/t19-,23+/m0/s1. The van der Waals surface area contributed by atoms with Crippen molar-refractivity contribution in [2.45, 2.75) is 25.4 Å². The van der Waals surface area contributed by atoms with Gasteiger partial charge in [-0.2, -0.15) is 0 Å². The number of nitrogens with zero attached hydrogens (tertiary/aromatic N) is 4. The van der Waals surface area contributed by atoms with Crippen molar-refractivity contribution < 1.29 is 19.4 Å². The van der Waals surface area contributed by atoms with Crippen LogP contribution in [-0.2, 0) is 11.2 Å². The zero-order valence-corrected chi connectivity index (χ0v) is 18.5. The van der Waals surface area contributed by atoms with E-state index in [-0.39, 0.29) is 17.7 Å². The number of likely N-dealkylation sites (tertiary alicyclic amines) is 2. The van der Waals surface area contributed by atoms with Gasteiger partial charge in [-0.25, -0.2) is 0 Å². The number of ether oxygens (including phenoxy) is 1. The maximum atomic E-state index is 13.0. The number of rotatable bonds is 7. The topological polar surface area (TPSA) is 87.4 Å². The largest absolute Gasteiger partial charge is 0.492 e. The first-order valence-electron chi connectivity index (χ1n) is 11.5. The van der Waals surface area contributed by atoms with E-state index in [0.717, 1.165) is 24.2 Å². The molecule has 2 fully saturated rings. The fourth-order valence-corrected chi connectivity index (χ4v) is 4.66. The molecular formula is C25H28N4O4. The molecule has 0 saturated carbocycles. The molecule has 0 spiro atoms. The Morgan fingerprint density at radius 2 is 2.03 bits per heavy atom. The normalized spacial score (nSPS) is 20.7. The molecule has 3 aromatic rings. The molecular weight excluding hydrogens is 420 g/mol. The number of hydrogen-bond acceptors (Lipinski definition) is 5. The van der Waals surface area contributed by atoms with E-state index in [4.69, 9.17) is 4.74 Å². The number of β-amino-alcohol motifs (C(OH)–C–C–N with tert-alkyl or cyclic N) is 1. The van der Waals surface area contributed by atoms with Crippen LogP contribution in [0, 0.1) is 5.92 Å². The predicted octanol–water partition coefficient (Wildman–Crippen LogP) is 2.01. The highest BCUT2D eigenvalue weighted by atomic mass is 16.5. The number of carbonyl (C=O) groups is 2. The Balaban J connectivity index is 1.15. The van der Waals surface area contributed by atoms with Crippen LogP contribution in [0.5, 0.6) is 5.75 Å². The van der Waals surface area contributed by atoms with Gasteiger partial charge in [-0.05, 0) is 49.2 Å². The average Bonchev–Trinajstić information content (AvgIpc) is 3.54. The van der Waals surface area contributed by atoms with E-state index in [2.05, 4.69) is 4.98 Å². The molecule has 5 rings (SSSR count). The molecule has 172 valence electrons. The van der Waals surface area contributed by atoms with Crippen LogP contribution in [0.4, 0.5) is 0 Å². The molecule has 2 aliphatic rings. The van der Waals surface area contributed by atoms with E-state index in [0.29, 0.717) is 50.4 Å². The fourth-order valence-electron chi connectivity index (χ4n) is 4.66. The summed E-state index contributed by atoms with van der Waals surface area (Å²) in [5.74, 6) is 0.709. The first-order valence-corrected chi connectivity index (χ1v) is 11.5. The van der Waals surface area contributed by atoms with Crippen molar-refractivity contribution in [3.8, 4) is 5.75 Å². The van der Waals surface area contributed by atoms with Crippen LogP contribution in [0.1, 0.15) is 28.9 Å². The molecule has 33 heavy (non-hydrogen) atoms. The lowest BCUT2D eigenvalue weighted by Gasteiger charge is -2.17. The van der Waals surface area contributed by atoms with Gasteiger partial charge < -0.3 is 24.0 Å². The summed E-state index contributed by atoms with van der Waals surface area (Å²) in [6.45, 7) is 2.63. The van der Waals surface area contributed by atoms with Crippen molar-refractivity contribution in [3.05, 3.63) is 66.2 Å². The van der Waals surface area contributed by atoms with Gasteiger partial charge >= 0.3 is 0 Å². The molecule has 1 aromatic carbocycles. The average molecular weight is 449 g/mol. The maximum Gasteiger partial charge on any atom is 0.253 e. The lowest BCUT2D eigenvalue weighted by Crippen LogP contribution is -2.29. The van der Waals surface area contributed by atoms with Crippen molar-refractivity contribution in [3.63, 3.8) is 0 Å². The first-order chi connectivity index (χ1) is 16.1. The van der Waals surface area contributed by atoms with Crippen LogP contribution in [0.3, 0.4) is 0 Å². The van der Waals surface area contributed by atoms with Crippen molar-refractivity contribution in [2.24, 2.45) is 5.92 Å². The molecule has 2 atom stereocenters. The molecule has 8 heteroatoms. The summed E-state index contributed by atoms with van der Waals surface area (Å²) >= 11 is 0. The third kappa shape index (κ3) is 4.71. The van der Waals surface area contributed by atoms with Gasteiger partial charge in [-0.15, -0.1) is 0 Å². The third-order valence-corrected chi connectivity index (χ3v) is 6.53. The van der Waals surface area contributed by atoms with Crippen LogP contribution in [0.15, 0.2) is 55.0 Å². The summed E-state index contributed by atoms with van der Waals surface area (Å²) in [7, 11) is 0. The monoisotopic (exact) mass is 448 g/mol. The van der Waals surface area contributed by atoms with Gasteiger partial charge in [0.15, 0.2) is 0 Å². The Bertz CT molecular complexity index is 1140. The summed E-state index contributed by atoms with van der Waals surface area (Å²) in [4.78, 5) is 32.7. The van der Waals surface area contributed by atoms with E-state index in [1.54, 1.807) is 29.2 Å². The highest BCUT2D eigenvalue weighted by molar-refractivity contribution is 5.94. The minimum absolute atomic E-state index is 0.0506. The highest BCUT2D eigenvalue weighted by Gasteiger charge is 2.34. The van der Waals surface area contributed by atoms with E-state index < -0.39 is 6.10 Å². The molecule has 0 aliphatic carbocycles. The van der Waals surface area contributed by atoms with E-state index >= 15 is 0 Å². The molecule has 4 heterocycles. The molecule has 2 amide bonds. The molecule has 0 unspecified atom stereocenters. The summed E-state index contributed by atoms with van der Waals surface area (Å²) in [5, 5.41) is 10.6. The smallest absolute Gasteiger partial charge is 0.253 e. The number of amides is 2. The van der Waals surface area contributed by atoms with Gasteiger partial charge in [0, 0.05) is 49.9 Å². The summed E-state index contributed by atoms with van der Waals surface area (Å²) in [6.07, 6.45) is 7.36. The lowest BCUT2D eigenvalue weighted by atomic mass is 10.0. The summed E-state index contributed by atoms with van der Waals surface area (Å²) < 4.78 is 7.75. The number of benzene rings is 1. The number of aromatic nitrogens is 2. The molecule has 2 aliphatic heterocycles. The molecule has 8 nitrogen and oxygen atoms in total. The highest BCUT2D eigenvalue weighted by Crippen LogP contribution is 2.24. The van der Waals surface area contributed by atoms with Gasteiger partial charge in [0.05, 0.1) is 30.1 Å². The number of aliphatic hydroxyl groups excluding tert-OH is 1. The van der Waals surface area contributed by atoms with Gasteiger partial charge in [-0.3, -0.25) is 14.6 Å². The minimum Gasteiger partial charge on any atom is -0.492 e. The fraction of sp³-hybridized carbons (Fsp3) is 0.400. The summed E-state index contributed by atoms with van der Waals surface area (Å²) in [6, 6.07) is 11.0. The van der Waals surface area contributed by atoms with E-state index in [1.165, 1.54) is 0 Å². The van der Waals surface area contributed by atoms with Crippen molar-refractivity contribution in [1.82, 2.24) is 19.2 Å². The molecule has 0 radical (unpaired) electrons. The molecule has 1 N–H and O–H groups in total. The van der Waals surface area contributed by atoms with Gasteiger partial charge in [0.1, 0.15) is 12.4 Å². The molecule has 2 aromatic heterocycles. The second-order valence-electron chi connectivity index (χ2n) is 8.82. The van der Waals surface area contributed by atoms with Gasteiger partial charge in [0.2, 0.25) is 5.91 Å². The quantitative estimate of drug-likeness (QED) is 0.598. The Hall–Kier alpha value is -3.39. The lowest BCUT2D eigenvalue weighted by molar-refractivity contribution is -0.128. The Labute approximate surface area is 192 Å². The number of carbonyl (C=O) groups excluding carboxylic acids is 2. The van der Waals surface area contributed by atoms with Crippen LogP contribution < -0.4 is 4.74 Å². The van der Waals surface area contributed by atoms with Crippen LogP contribution in [0.25, 0.3) is 5.52 Å². The zero-order chi connectivity index (χ0) is 22.8. The number of aliphatic hydroxyl groups is 1. The second-order valence-corrected chi connectivity index (χ2v) is 8.82. The van der Waals surface area contributed by atoms with Crippen LogP contribution >= 0.6 is 0 Å². The van der Waals surface area contributed by atoms with E-state index in [1.807, 2.05) is 40.0 Å². The summed E-state index contributed by atoms with van der Waals surface area (Å²) in [5.41, 5.74) is 2.49. The molecule has 2 saturated heterocycles. The number of fused-ring (bicyclic) bond motifs is 1. The maximum absolute atomic E-state index is 13.0. The third-order valence-electron chi connectivity index (χ3n) is 6.53. The first kappa shape index (κ1) is 21.5. The van der Waals surface area contributed by atoms with E-state index in [9.17, 15) is 14.7 Å². The Morgan fingerprint density at radius 3 is 2.82 bits per heavy atom. The number of hydrogen-bond donors (Lipinski definition) is 1. The van der Waals surface area contributed by atoms with Crippen molar-refractivity contribution in [1.29, 1.82) is 0 Å². The second kappa shape index (κ2) is 9.23. The van der Waals surface area contributed by atoms with Crippen LogP contribution in [-0.4, -0.2) is 75.0 Å². The van der Waals surface area contributed by atoms with Gasteiger partial charge in [0.25, 0.3) is 5.91 Å². The van der Waals surface area contributed by atoms with Gasteiger partial charge in [-0.1, -0.05) is 0 Å². The van der Waals surface area contributed by atoms with Crippen molar-refractivity contribution >= 4 is 17.3 Å². The Morgan fingerprint density at radius 1 is 1.18 bits per heavy atom. The SMILES string of the molecule is O=C1CCCN1CCOc1ccc(C(=O)N2C[C@H](Cc3cn4cccc4cn3)[C@H](O)C2)cc1. The predicted molar refractivity (Wildman–Crippen MR) is 122 cm³/mol. The molecule has 0 bridgehead atoms. The van der Waals surface area contributed by atoms with Crippen molar-refractivity contribution in [2.75, 3.05) is 32.8 Å².